The molecular formula is C20H17Cl2NO4S2. The van der Waals surface area contributed by atoms with Crippen LogP contribution < -0.4 is 19.5 Å². The summed E-state index contributed by atoms with van der Waals surface area (Å²) in [5.41, 5.74) is 0.709. The molecule has 0 saturated carbocycles. The Balaban J connectivity index is 1.71. The van der Waals surface area contributed by atoms with Gasteiger partial charge in [-0.3, -0.25) is 4.79 Å². The number of ether oxygens (including phenoxy) is 3. The molecule has 0 unspecified atom stereocenters. The lowest BCUT2D eigenvalue weighted by atomic mass is 10.2. The van der Waals surface area contributed by atoms with Gasteiger partial charge in [0, 0.05) is 0 Å². The maximum absolute atomic E-state index is 11.9. The molecule has 1 amide bonds. The lowest BCUT2D eigenvalue weighted by Crippen LogP contribution is -2.17. The number of amides is 1. The summed E-state index contributed by atoms with van der Waals surface area (Å²) in [6, 6.07) is 10.7. The van der Waals surface area contributed by atoms with Crippen LogP contribution >= 0.6 is 47.2 Å². The third-order valence-electron chi connectivity index (χ3n) is 3.70. The Labute approximate surface area is 188 Å². The molecule has 2 aromatic rings. The highest BCUT2D eigenvalue weighted by Crippen LogP contribution is 2.38. The second-order valence-electron chi connectivity index (χ2n) is 5.74. The van der Waals surface area contributed by atoms with Crippen LogP contribution in [-0.4, -0.2) is 30.0 Å². The largest absolute Gasteiger partial charge is 0.490 e. The first-order valence-electron chi connectivity index (χ1n) is 8.69. The number of thioether (sulfide) groups is 1. The molecule has 0 aromatic heterocycles. The van der Waals surface area contributed by atoms with Gasteiger partial charge >= 0.3 is 0 Å². The monoisotopic (exact) mass is 469 g/mol. The Morgan fingerprint density at radius 2 is 1.83 bits per heavy atom. The van der Waals surface area contributed by atoms with Crippen molar-refractivity contribution in [3.8, 4) is 17.2 Å². The molecule has 152 valence electrons. The van der Waals surface area contributed by atoms with Crippen molar-refractivity contribution in [3.63, 3.8) is 0 Å². The zero-order valence-corrected chi connectivity index (χ0v) is 18.5. The average molecular weight is 470 g/mol. The van der Waals surface area contributed by atoms with Gasteiger partial charge in [-0.15, -0.1) is 0 Å². The molecule has 0 aliphatic carbocycles. The Kier molecular flexibility index (Phi) is 7.66. The molecule has 1 saturated heterocycles. The topological polar surface area (TPSA) is 56.8 Å². The molecule has 0 spiro atoms. The van der Waals surface area contributed by atoms with Crippen molar-refractivity contribution >= 4 is 63.5 Å². The first-order valence-corrected chi connectivity index (χ1v) is 10.7. The summed E-state index contributed by atoms with van der Waals surface area (Å²) in [4.78, 5) is 12.4. The second-order valence-corrected chi connectivity index (χ2v) is 8.28. The molecule has 5 nitrogen and oxygen atoms in total. The zero-order chi connectivity index (χ0) is 20.8. The molecule has 29 heavy (non-hydrogen) atoms. The summed E-state index contributed by atoms with van der Waals surface area (Å²) >= 11 is 18.7. The summed E-state index contributed by atoms with van der Waals surface area (Å²) in [7, 11) is 0. The van der Waals surface area contributed by atoms with Crippen molar-refractivity contribution in [1.29, 1.82) is 0 Å². The van der Waals surface area contributed by atoms with Crippen LogP contribution in [0.5, 0.6) is 17.2 Å². The lowest BCUT2D eigenvalue weighted by molar-refractivity contribution is -0.115. The molecular weight excluding hydrogens is 453 g/mol. The molecule has 1 aliphatic heterocycles. The van der Waals surface area contributed by atoms with Gasteiger partial charge in [0.25, 0.3) is 5.91 Å². The van der Waals surface area contributed by atoms with E-state index in [0.717, 1.165) is 0 Å². The van der Waals surface area contributed by atoms with Gasteiger partial charge in [-0.25, -0.2) is 0 Å². The normalized spacial score (nSPS) is 14.8. The van der Waals surface area contributed by atoms with E-state index in [1.165, 1.54) is 11.8 Å². The first kappa shape index (κ1) is 21.8. The van der Waals surface area contributed by atoms with Gasteiger partial charge in [-0.05, 0) is 42.8 Å². The van der Waals surface area contributed by atoms with E-state index in [9.17, 15) is 4.79 Å². The predicted molar refractivity (Wildman–Crippen MR) is 121 cm³/mol. The highest BCUT2D eigenvalue weighted by molar-refractivity contribution is 8.26. The maximum atomic E-state index is 11.9. The molecule has 1 aliphatic rings. The lowest BCUT2D eigenvalue weighted by Gasteiger charge is -2.15. The van der Waals surface area contributed by atoms with Gasteiger partial charge in [0.15, 0.2) is 11.5 Å². The van der Waals surface area contributed by atoms with Gasteiger partial charge in [0.1, 0.15) is 23.3 Å². The summed E-state index contributed by atoms with van der Waals surface area (Å²) in [6.07, 6.45) is 1.71. The number of thiocarbonyl (C=S) groups is 1. The predicted octanol–water partition coefficient (Wildman–Crippen LogP) is 5.34. The standard InChI is InChI=1S/C20H17Cl2NO4S2/c1-2-25-16-10-12(11-17-19(24)23-20(28)29-17)9-14(22)18(16)27-8-7-26-15-6-4-3-5-13(15)21/h3-6,9-11H,2,7-8H2,1H3,(H,23,24,28)/b17-11-. The molecule has 2 aromatic carbocycles. The van der Waals surface area contributed by atoms with E-state index in [0.29, 0.717) is 48.7 Å². The second kappa shape index (κ2) is 10.2. The minimum Gasteiger partial charge on any atom is -0.490 e. The summed E-state index contributed by atoms with van der Waals surface area (Å²) in [5, 5.41) is 3.48. The molecule has 3 rings (SSSR count). The van der Waals surface area contributed by atoms with E-state index >= 15 is 0 Å². The molecule has 9 heteroatoms. The summed E-state index contributed by atoms with van der Waals surface area (Å²) in [6.45, 7) is 2.83. The Hall–Kier alpha value is -1.93. The van der Waals surface area contributed by atoms with Crippen molar-refractivity contribution in [2.24, 2.45) is 0 Å². The van der Waals surface area contributed by atoms with Crippen molar-refractivity contribution in [2.75, 3.05) is 19.8 Å². The quantitative estimate of drug-likeness (QED) is 0.320. The molecule has 1 N–H and O–H groups in total. The molecule has 1 heterocycles. The fourth-order valence-electron chi connectivity index (χ4n) is 2.50. The highest BCUT2D eigenvalue weighted by atomic mass is 35.5. The Morgan fingerprint density at radius 1 is 1.07 bits per heavy atom. The maximum Gasteiger partial charge on any atom is 0.263 e. The fraction of sp³-hybridized carbons (Fsp3) is 0.200. The van der Waals surface area contributed by atoms with Crippen LogP contribution in [0, 0.1) is 0 Å². The van der Waals surface area contributed by atoms with Crippen LogP contribution in [0.25, 0.3) is 6.08 Å². The number of hydrogen-bond acceptors (Lipinski definition) is 6. The molecule has 0 bridgehead atoms. The SMILES string of the molecule is CCOc1cc(/C=C2\SC(=S)NC2=O)cc(Cl)c1OCCOc1ccccc1Cl. The van der Waals surface area contributed by atoms with E-state index in [4.69, 9.17) is 49.6 Å². The third kappa shape index (κ3) is 5.79. The number of halogens is 2. The Morgan fingerprint density at radius 3 is 2.52 bits per heavy atom. The van der Waals surface area contributed by atoms with Crippen molar-refractivity contribution in [2.45, 2.75) is 6.92 Å². The zero-order valence-electron chi connectivity index (χ0n) is 15.4. The minimum absolute atomic E-state index is 0.230. The number of rotatable bonds is 8. The van der Waals surface area contributed by atoms with Crippen molar-refractivity contribution in [3.05, 3.63) is 56.9 Å². The number of benzene rings is 2. The smallest absolute Gasteiger partial charge is 0.263 e. The first-order chi connectivity index (χ1) is 14.0. The van der Waals surface area contributed by atoms with E-state index < -0.39 is 0 Å². The van der Waals surface area contributed by atoms with Crippen LogP contribution in [-0.2, 0) is 4.79 Å². The van der Waals surface area contributed by atoms with E-state index in [1.807, 2.05) is 19.1 Å². The van der Waals surface area contributed by atoms with Crippen LogP contribution in [0.3, 0.4) is 0 Å². The molecule has 0 atom stereocenters. The number of carbonyl (C=O) groups is 1. The van der Waals surface area contributed by atoms with Gasteiger partial charge in [0.05, 0.1) is 21.6 Å². The van der Waals surface area contributed by atoms with Gasteiger partial charge in [-0.1, -0.05) is 59.3 Å². The van der Waals surface area contributed by atoms with Crippen molar-refractivity contribution in [1.82, 2.24) is 5.32 Å². The van der Waals surface area contributed by atoms with Crippen molar-refractivity contribution < 1.29 is 19.0 Å². The van der Waals surface area contributed by atoms with Crippen LogP contribution in [0.1, 0.15) is 12.5 Å². The number of para-hydroxylation sites is 1. The minimum atomic E-state index is -0.230. The van der Waals surface area contributed by atoms with Crippen LogP contribution in [0.2, 0.25) is 10.0 Å². The van der Waals surface area contributed by atoms with E-state index in [2.05, 4.69) is 5.32 Å². The summed E-state index contributed by atoms with van der Waals surface area (Å²) in [5.74, 6) is 1.25. The van der Waals surface area contributed by atoms with Crippen LogP contribution in [0.4, 0.5) is 0 Å². The number of nitrogens with one attached hydrogen (secondary N) is 1. The average Bonchev–Trinajstić information content (AvgIpc) is 2.99. The van der Waals surface area contributed by atoms with E-state index in [1.54, 1.807) is 30.3 Å². The number of hydrogen-bond donors (Lipinski definition) is 1. The third-order valence-corrected chi connectivity index (χ3v) is 5.45. The molecule has 1 fully saturated rings. The molecule has 0 radical (unpaired) electrons. The Bertz CT molecular complexity index is 965. The van der Waals surface area contributed by atoms with Crippen LogP contribution in [0.15, 0.2) is 41.3 Å². The van der Waals surface area contributed by atoms with Gasteiger partial charge in [0.2, 0.25) is 0 Å². The summed E-state index contributed by atoms with van der Waals surface area (Å²) < 4.78 is 17.5. The highest BCUT2D eigenvalue weighted by Gasteiger charge is 2.22. The van der Waals surface area contributed by atoms with Gasteiger partial charge in [-0.2, -0.15) is 0 Å². The van der Waals surface area contributed by atoms with E-state index in [-0.39, 0.29) is 19.1 Å². The fourth-order valence-corrected chi connectivity index (χ4v) is 4.01. The van der Waals surface area contributed by atoms with Gasteiger partial charge < -0.3 is 19.5 Å². The number of carbonyl (C=O) groups excluding carboxylic acids is 1.